The molecule has 5 aromatic rings. The highest BCUT2D eigenvalue weighted by atomic mass is 16.4. The Bertz CT molecular complexity index is 1640. The zero-order valence-electron chi connectivity index (χ0n) is 20.9. The average molecular weight is 505 g/mol. The second-order valence-electron chi connectivity index (χ2n) is 9.86. The summed E-state index contributed by atoms with van der Waals surface area (Å²) in [4.78, 5) is 26.9. The monoisotopic (exact) mass is 504 g/mol. The second kappa shape index (κ2) is 10.1. The van der Waals surface area contributed by atoms with E-state index in [-0.39, 0.29) is 11.8 Å². The third-order valence-electron chi connectivity index (χ3n) is 7.48. The first kappa shape index (κ1) is 23.9. The lowest BCUT2D eigenvalue weighted by Crippen LogP contribution is -2.38. The van der Waals surface area contributed by atoms with Gasteiger partial charge < -0.3 is 10.4 Å². The molecule has 4 aromatic carbocycles. The van der Waals surface area contributed by atoms with Crippen LogP contribution in [0.25, 0.3) is 32.9 Å². The van der Waals surface area contributed by atoms with Gasteiger partial charge in [0.2, 0.25) is 5.91 Å². The van der Waals surface area contributed by atoms with E-state index >= 15 is 0 Å². The number of piperidine rings is 1. The maximum Gasteiger partial charge on any atom is 0.336 e. The third kappa shape index (κ3) is 4.64. The zero-order chi connectivity index (χ0) is 26.1. The summed E-state index contributed by atoms with van der Waals surface area (Å²) in [6.07, 6.45) is 1.46. The van der Waals surface area contributed by atoms with Crippen LogP contribution in [0.15, 0.2) is 84.9 Å². The standard InChI is InChI=1S/C31H28N4O3/c36-30(21-14-16-35(17-15-21)19-22-7-2-4-10-25(22)31(37)38)32-23-12-13-28-27(18-23)29(34-33-28)26-11-5-8-20-6-1-3-9-24(20)26/h1-13,18,21H,14-17,19H2,(H,32,36)(H,33,34)(H,37,38). The predicted molar refractivity (Wildman–Crippen MR) is 149 cm³/mol. The summed E-state index contributed by atoms with van der Waals surface area (Å²) in [5, 5.41) is 23.6. The number of aromatic carboxylic acids is 1. The minimum absolute atomic E-state index is 0.0186. The van der Waals surface area contributed by atoms with E-state index in [1.807, 2.05) is 48.5 Å². The molecule has 0 bridgehead atoms. The molecular formula is C31H28N4O3. The Morgan fingerprint density at radius 1 is 0.921 bits per heavy atom. The minimum atomic E-state index is -0.909. The number of aromatic amines is 1. The SMILES string of the molecule is O=C(O)c1ccccc1CN1CCC(C(=O)Nc2ccc3[nH]nc(-c4cccc5ccccc45)c3c2)CC1. The fourth-order valence-electron chi connectivity index (χ4n) is 5.43. The number of carbonyl (C=O) groups is 2. The normalized spacial score (nSPS) is 14.6. The van der Waals surface area contributed by atoms with Crippen molar-refractivity contribution in [2.75, 3.05) is 18.4 Å². The number of benzene rings is 4. The zero-order valence-corrected chi connectivity index (χ0v) is 20.9. The van der Waals surface area contributed by atoms with Crippen LogP contribution < -0.4 is 5.32 Å². The molecule has 1 fully saturated rings. The maximum atomic E-state index is 13.1. The molecule has 2 heterocycles. The first-order valence-corrected chi connectivity index (χ1v) is 12.9. The van der Waals surface area contributed by atoms with Gasteiger partial charge in [0, 0.05) is 29.1 Å². The molecular weight excluding hydrogens is 476 g/mol. The Kier molecular flexibility index (Phi) is 6.35. The summed E-state index contributed by atoms with van der Waals surface area (Å²) in [6.45, 7) is 2.07. The Morgan fingerprint density at radius 3 is 2.53 bits per heavy atom. The summed E-state index contributed by atoms with van der Waals surface area (Å²) in [5.74, 6) is -0.975. The Hall–Kier alpha value is -4.49. The molecule has 0 saturated carbocycles. The van der Waals surface area contributed by atoms with Crippen LogP contribution in [-0.4, -0.2) is 45.2 Å². The van der Waals surface area contributed by atoms with Gasteiger partial charge in [-0.05, 0) is 66.5 Å². The topological polar surface area (TPSA) is 98.3 Å². The highest BCUT2D eigenvalue weighted by molar-refractivity contribution is 6.05. The van der Waals surface area contributed by atoms with E-state index in [1.165, 1.54) is 0 Å². The minimum Gasteiger partial charge on any atom is -0.478 e. The van der Waals surface area contributed by atoms with Gasteiger partial charge >= 0.3 is 5.97 Å². The molecule has 38 heavy (non-hydrogen) atoms. The molecule has 1 amide bonds. The number of likely N-dealkylation sites (tertiary alicyclic amines) is 1. The van der Waals surface area contributed by atoms with Crippen molar-refractivity contribution in [1.82, 2.24) is 15.1 Å². The number of hydrogen-bond donors (Lipinski definition) is 3. The van der Waals surface area contributed by atoms with Crippen LogP contribution >= 0.6 is 0 Å². The number of carboxylic acids is 1. The van der Waals surface area contributed by atoms with E-state index in [4.69, 9.17) is 0 Å². The molecule has 0 radical (unpaired) electrons. The van der Waals surface area contributed by atoms with Crippen LogP contribution in [0.3, 0.4) is 0 Å². The number of carboxylic acid groups (broad SMARTS) is 1. The van der Waals surface area contributed by atoms with Crippen molar-refractivity contribution in [1.29, 1.82) is 0 Å². The number of rotatable bonds is 6. The van der Waals surface area contributed by atoms with Crippen molar-refractivity contribution in [3.63, 3.8) is 0 Å². The van der Waals surface area contributed by atoms with E-state index in [0.29, 0.717) is 12.1 Å². The van der Waals surface area contributed by atoms with Crippen molar-refractivity contribution >= 4 is 39.2 Å². The van der Waals surface area contributed by atoms with Gasteiger partial charge in [-0.25, -0.2) is 4.79 Å². The van der Waals surface area contributed by atoms with Gasteiger partial charge in [-0.15, -0.1) is 0 Å². The van der Waals surface area contributed by atoms with Crippen molar-refractivity contribution < 1.29 is 14.7 Å². The highest BCUT2D eigenvalue weighted by Gasteiger charge is 2.26. The summed E-state index contributed by atoms with van der Waals surface area (Å²) in [6, 6.07) is 27.4. The number of nitrogens with one attached hydrogen (secondary N) is 2. The summed E-state index contributed by atoms with van der Waals surface area (Å²) >= 11 is 0. The average Bonchev–Trinajstić information content (AvgIpc) is 3.36. The molecule has 0 aliphatic carbocycles. The lowest BCUT2D eigenvalue weighted by atomic mass is 9.95. The molecule has 1 aliphatic heterocycles. The van der Waals surface area contributed by atoms with Gasteiger partial charge in [-0.1, -0.05) is 60.7 Å². The van der Waals surface area contributed by atoms with Crippen LogP contribution in [-0.2, 0) is 11.3 Å². The molecule has 7 heteroatoms. The molecule has 0 atom stereocenters. The molecule has 7 nitrogen and oxygen atoms in total. The number of aromatic nitrogens is 2. The number of amides is 1. The number of H-pyrrole nitrogens is 1. The largest absolute Gasteiger partial charge is 0.478 e. The number of nitrogens with zero attached hydrogens (tertiary/aromatic N) is 2. The van der Waals surface area contributed by atoms with E-state index in [1.54, 1.807) is 12.1 Å². The quantitative estimate of drug-likeness (QED) is 0.266. The van der Waals surface area contributed by atoms with Crippen molar-refractivity contribution in [3.8, 4) is 11.3 Å². The fraction of sp³-hybridized carbons (Fsp3) is 0.194. The predicted octanol–water partition coefficient (Wildman–Crippen LogP) is 5.93. The van der Waals surface area contributed by atoms with Gasteiger partial charge in [-0.2, -0.15) is 5.10 Å². The lowest BCUT2D eigenvalue weighted by Gasteiger charge is -2.31. The van der Waals surface area contributed by atoms with Crippen LogP contribution in [0.2, 0.25) is 0 Å². The molecule has 3 N–H and O–H groups in total. The van der Waals surface area contributed by atoms with Gasteiger partial charge in [0.25, 0.3) is 0 Å². The van der Waals surface area contributed by atoms with Crippen molar-refractivity contribution in [3.05, 3.63) is 96.1 Å². The van der Waals surface area contributed by atoms with Gasteiger partial charge in [-0.3, -0.25) is 14.8 Å². The number of fused-ring (bicyclic) bond motifs is 2. The van der Waals surface area contributed by atoms with Gasteiger partial charge in [0.15, 0.2) is 0 Å². The second-order valence-corrected chi connectivity index (χ2v) is 9.86. The van der Waals surface area contributed by atoms with E-state index < -0.39 is 5.97 Å². The number of hydrogen-bond acceptors (Lipinski definition) is 4. The van der Waals surface area contributed by atoms with Gasteiger partial charge in [0.1, 0.15) is 5.69 Å². The molecule has 0 spiro atoms. The van der Waals surface area contributed by atoms with E-state index in [0.717, 1.165) is 70.1 Å². The Labute approximate surface area is 220 Å². The summed E-state index contributed by atoms with van der Waals surface area (Å²) in [7, 11) is 0. The molecule has 1 aromatic heterocycles. The van der Waals surface area contributed by atoms with Crippen LogP contribution in [0.1, 0.15) is 28.8 Å². The molecule has 1 aliphatic rings. The van der Waals surface area contributed by atoms with Crippen LogP contribution in [0.4, 0.5) is 5.69 Å². The van der Waals surface area contributed by atoms with Gasteiger partial charge in [0.05, 0.1) is 11.1 Å². The highest BCUT2D eigenvalue weighted by Crippen LogP contribution is 2.33. The number of carbonyl (C=O) groups excluding carboxylic acids is 1. The lowest BCUT2D eigenvalue weighted by molar-refractivity contribution is -0.121. The van der Waals surface area contributed by atoms with E-state index in [2.05, 4.69) is 44.7 Å². The third-order valence-corrected chi connectivity index (χ3v) is 7.48. The molecule has 190 valence electrons. The first-order valence-electron chi connectivity index (χ1n) is 12.9. The summed E-state index contributed by atoms with van der Waals surface area (Å²) < 4.78 is 0. The maximum absolute atomic E-state index is 13.1. The molecule has 6 rings (SSSR count). The van der Waals surface area contributed by atoms with Crippen molar-refractivity contribution in [2.24, 2.45) is 5.92 Å². The molecule has 1 saturated heterocycles. The fourth-order valence-corrected chi connectivity index (χ4v) is 5.43. The van der Waals surface area contributed by atoms with E-state index in [9.17, 15) is 14.7 Å². The Balaban J connectivity index is 1.15. The summed E-state index contributed by atoms with van der Waals surface area (Å²) in [5.41, 5.74) is 4.73. The molecule has 0 unspecified atom stereocenters. The number of anilines is 1. The smallest absolute Gasteiger partial charge is 0.336 e. The Morgan fingerprint density at radius 2 is 1.68 bits per heavy atom. The van der Waals surface area contributed by atoms with Crippen LogP contribution in [0, 0.1) is 5.92 Å². The van der Waals surface area contributed by atoms with Crippen molar-refractivity contribution in [2.45, 2.75) is 19.4 Å². The first-order chi connectivity index (χ1) is 18.6. The van der Waals surface area contributed by atoms with Crippen LogP contribution in [0.5, 0.6) is 0 Å².